The number of carbonyl (C=O) groups excluding carboxylic acids is 1. The summed E-state index contributed by atoms with van der Waals surface area (Å²) in [6, 6.07) is 23.1. The zero-order valence-corrected chi connectivity index (χ0v) is 22.3. The van der Waals surface area contributed by atoms with E-state index in [-0.39, 0.29) is 17.5 Å². The van der Waals surface area contributed by atoms with Crippen LogP contribution >= 0.6 is 0 Å². The van der Waals surface area contributed by atoms with Gasteiger partial charge in [-0.05, 0) is 75.0 Å². The van der Waals surface area contributed by atoms with Gasteiger partial charge in [-0.3, -0.25) is 14.0 Å². The van der Waals surface area contributed by atoms with Crippen molar-refractivity contribution in [2.24, 2.45) is 5.92 Å². The second-order valence-electron chi connectivity index (χ2n) is 10.3. The number of benzene rings is 2. The lowest BCUT2D eigenvalue weighted by Gasteiger charge is -2.36. The van der Waals surface area contributed by atoms with Gasteiger partial charge in [-0.25, -0.2) is 4.98 Å². The largest absolute Gasteiger partial charge is 0.330 e. The first kappa shape index (κ1) is 25.9. The van der Waals surface area contributed by atoms with E-state index in [0.717, 1.165) is 37.1 Å². The molecule has 0 spiro atoms. The number of hydrogen-bond donors (Lipinski definition) is 1. The Labute approximate surface area is 224 Å². The molecule has 2 aromatic heterocycles. The smallest absolute Gasteiger partial charge is 0.261 e. The first-order valence-corrected chi connectivity index (χ1v) is 13.7. The van der Waals surface area contributed by atoms with Crippen LogP contribution in [0.25, 0.3) is 5.65 Å². The van der Waals surface area contributed by atoms with Gasteiger partial charge in [0.1, 0.15) is 5.65 Å². The molecule has 1 saturated heterocycles. The second-order valence-corrected chi connectivity index (χ2v) is 10.3. The van der Waals surface area contributed by atoms with Gasteiger partial charge in [-0.2, -0.15) is 0 Å². The van der Waals surface area contributed by atoms with E-state index in [9.17, 15) is 9.59 Å². The predicted octanol–water partition coefficient (Wildman–Crippen LogP) is 5.19. The fourth-order valence-electron chi connectivity index (χ4n) is 5.52. The topological polar surface area (TPSA) is 66.7 Å². The Morgan fingerprint density at radius 2 is 1.84 bits per heavy atom. The highest BCUT2D eigenvalue weighted by Crippen LogP contribution is 2.30. The zero-order chi connectivity index (χ0) is 26.5. The molecule has 38 heavy (non-hydrogen) atoms. The van der Waals surface area contributed by atoms with Crippen molar-refractivity contribution in [3.05, 3.63) is 117 Å². The Kier molecular flexibility index (Phi) is 7.99. The molecule has 2 unspecified atom stereocenters. The quantitative estimate of drug-likeness (QED) is 0.356. The minimum atomic E-state index is -0.317. The molecule has 1 N–H and O–H groups in total. The molecule has 0 aliphatic carbocycles. The van der Waals surface area contributed by atoms with E-state index < -0.39 is 0 Å². The Bertz CT molecular complexity index is 1440. The Balaban J connectivity index is 1.63. The maximum Gasteiger partial charge on any atom is 0.261 e. The molecule has 2 atom stereocenters. The summed E-state index contributed by atoms with van der Waals surface area (Å²) in [6.45, 7) is 6.64. The Morgan fingerprint density at radius 3 is 2.55 bits per heavy atom. The van der Waals surface area contributed by atoms with E-state index in [2.05, 4.69) is 12.2 Å². The van der Waals surface area contributed by atoms with Crippen molar-refractivity contribution in [1.29, 1.82) is 0 Å². The third-order valence-corrected chi connectivity index (χ3v) is 7.58. The van der Waals surface area contributed by atoms with Crippen molar-refractivity contribution in [3.63, 3.8) is 0 Å². The van der Waals surface area contributed by atoms with Crippen molar-refractivity contribution < 1.29 is 4.79 Å². The van der Waals surface area contributed by atoms with Crippen LogP contribution in [0.1, 0.15) is 65.0 Å². The molecular weight excluding hydrogens is 472 g/mol. The summed E-state index contributed by atoms with van der Waals surface area (Å²) < 4.78 is 1.62. The molecule has 5 rings (SSSR count). The minimum absolute atomic E-state index is 0.0110. The molecule has 3 heterocycles. The first-order chi connectivity index (χ1) is 18.5. The van der Waals surface area contributed by atoms with E-state index in [1.54, 1.807) is 10.6 Å². The number of nitrogens with zero attached hydrogens (tertiary/aromatic N) is 3. The van der Waals surface area contributed by atoms with Gasteiger partial charge in [0, 0.05) is 30.3 Å². The standard InChI is InChI=1S/C32H36N4O2/c1-3-28(36(22-25-12-9-18-33-21-25)31(37)26-16-14-23(2)15-17-26)30-27(20-24-10-5-4-6-11-24)32(38)35-19-8-7-13-29(35)34-30/h4-8,10-11,13-17,19,25,28,33H,3,9,12,18,20-22H2,1-2H3. The molecule has 0 bridgehead atoms. The van der Waals surface area contributed by atoms with Crippen LogP contribution in [0, 0.1) is 12.8 Å². The first-order valence-electron chi connectivity index (χ1n) is 13.7. The third kappa shape index (κ3) is 5.55. The number of fused-ring (bicyclic) bond motifs is 1. The summed E-state index contributed by atoms with van der Waals surface area (Å²) in [5.74, 6) is 0.342. The fraction of sp³-hybridized carbons (Fsp3) is 0.344. The lowest BCUT2D eigenvalue weighted by Crippen LogP contribution is -2.43. The van der Waals surface area contributed by atoms with Gasteiger partial charge in [0.25, 0.3) is 11.5 Å². The number of hydrogen-bond acceptors (Lipinski definition) is 4. The van der Waals surface area contributed by atoms with E-state index in [1.165, 1.54) is 0 Å². The van der Waals surface area contributed by atoms with Gasteiger partial charge in [-0.1, -0.05) is 61.0 Å². The number of aromatic nitrogens is 2. The highest BCUT2D eigenvalue weighted by atomic mass is 16.2. The van der Waals surface area contributed by atoms with Crippen molar-refractivity contribution in [2.75, 3.05) is 19.6 Å². The van der Waals surface area contributed by atoms with Crippen molar-refractivity contribution >= 4 is 11.6 Å². The number of nitrogens with one attached hydrogen (secondary N) is 1. The summed E-state index contributed by atoms with van der Waals surface area (Å²) >= 11 is 0. The highest BCUT2D eigenvalue weighted by molar-refractivity contribution is 5.94. The predicted molar refractivity (Wildman–Crippen MR) is 152 cm³/mol. The lowest BCUT2D eigenvalue weighted by molar-refractivity contribution is 0.0614. The van der Waals surface area contributed by atoms with Crippen LogP contribution in [0.15, 0.2) is 83.8 Å². The van der Waals surface area contributed by atoms with Crippen LogP contribution in [0.4, 0.5) is 0 Å². The van der Waals surface area contributed by atoms with Gasteiger partial charge < -0.3 is 10.2 Å². The maximum atomic E-state index is 14.1. The van der Waals surface area contributed by atoms with E-state index in [0.29, 0.717) is 47.8 Å². The molecule has 2 aromatic carbocycles. The van der Waals surface area contributed by atoms with E-state index in [1.807, 2.05) is 84.6 Å². The number of amides is 1. The molecule has 6 nitrogen and oxygen atoms in total. The third-order valence-electron chi connectivity index (χ3n) is 7.58. The monoisotopic (exact) mass is 508 g/mol. The average molecular weight is 509 g/mol. The highest BCUT2D eigenvalue weighted by Gasteiger charge is 2.32. The van der Waals surface area contributed by atoms with E-state index in [4.69, 9.17) is 4.98 Å². The van der Waals surface area contributed by atoms with Crippen LogP contribution in [0.2, 0.25) is 0 Å². The van der Waals surface area contributed by atoms with Crippen molar-refractivity contribution in [3.8, 4) is 0 Å². The molecule has 0 radical (unpaired) electrons. The molecule has 6 heteroatoms. The van der Waals surface area contributed by atoms with Gasteiger partial charge in [0.15, 0.2) is 0 Å². The second kappa shape index (κ2) is 11.7. The molecule has 4 aromatic rings. The molecule has 0 saturated carbocycles. The normalized spacial score (nSPS) is 16.3. The Morgan fingerprint density at radius 1 is 1.08 bits per heavy atom. The van der Waals surface area contributed by atoms with Crippen LogP contribution in [0.3, 0.4) is 0 Å². The fourth-order valence-corrected chi connectivity index (χ4v) is 5.52. The van der Waals surface area contributed by atoms with Gasteiger partial charge in [0.05, 0.1) is 11.7 Å². The molecule has 1 fully saturated rings. The van der Waals surface area contributed by atoms with Crippen molar-refractivity contribution in [2.45, 2.75) is 45.6 Å². The van der Waals surface area contributed by atoms with Gasteiger partial charge in [-0.15, -0.1) is 0 Å². The van der Waals surface area contributed by atoms with Crippen LogP contribution in [0.5, 0.6) is 0 Å². The van der Waals surface area contributed by atoms with E-state index >= 15 is 0 Å². The van der Waals surface area contributed by atoms with Crippen molar-refractivity contribution in [1.82, 2.24) is 19.6 Å². The van der Waals surface area contributed by atoms with Gasteiger partial charge >= 0.3 is 0 Å². The van der Waals surface area contributed by atoms with Crippen LogP contribution < -0.4 is 10.9 Å². The molecular formula is C32H36N4O2. The number of aryl methyl sites for hydroxylation is 1. The number of piperidine rings is 1. The molecule has 1 amide bonds. The lowest BCUT2D eigenvalue weighted by atomic mass is 9.94. The summed E-state index contributed by atoms with van der Waals surface area (Å²) in [5, 5.41) is 3.49. The molecule has 1 aliphatic rings. The van der Waals surface area contributed by atoms with Gasteiger partial charge in [0.2, 0.25) is 0 Å². The average Bonchev–Trinajstić information content (AvgIpc) is 2.96. The molecule has 196 valence electrons. The summed E-state index contributed by atoms with van der Waals surface area (Å²) in [5.41, 5.74) is 4.71. The number of rotatable bonds is 8. The Hall–Kier alpha value is -3.77. The SMILES string of the molecule is CCC(c1nc2ccccn2c(=O)c1Cc1ccccc1)N(CC1CCCNC1)C(=O)c1ccc(C)cc1. The van der Waals surface area contributed by atoms with Crippen LogP contribution in [-0.2, 0) is 6.42 Å². The maximum absolute atomic E-state index is 14.1. The summed E-state index contributed by atoms with van der Waals surface area (Å²) in [4.78, 5) is 35.0. The summed E-state index contributed by atoms with van der Waals surface area (Å²) in [7, 11) is 0. The molecule has 1 aliphatic heterocycles. The summed E-state index contributed by atoms with van der Waals surface area (Å²) in [6.07, 6.45) is 5.07. The minimum Gasteiger partial charge on any atom is -0.330 e. The zero-order valence-electron chi connectivity index (χ0n) is 22.3. The number of carbonyl (C=O) groups is 1. The van der Waals surface area contributed by atoms with Crippen LogP contribution in [-0.4, -0.2) is 39.8 Å². The number of pyridine rings is 1.